The van der Waals surface area contributed by atoms with Gasteiger partial charge in [0.15, 0.2) is 5.82 Å². The maximum atomic E-state index is 12.7. The first-order chi connectivity index (χ1) is 14.2. The Kier molecular flexibility index (Phi) is 6.04. The summed E-state index contributed by atoms with van der Waals surface area (Å²) < 4.78 is 1.52. The molecule has 6 nitrogen and oxygen atoms in total. The summed E-state index contributed by atoms with van der Waals surface area (Å²) in [6.45, 7) is 3.01. The largest absolute Gasteiger partial charge is 0.339 e. The van der Waals surface area contributed by atoms with Crippen molar-refractivity contribution in [2.45, 2.75) is 50.2 Å². The summed E-state index contributed by atoms with van der Waals surface area (Å²) >= 11 is 1.37. The number of nitrogen functional groups attached to an aromatic ring is 1. The lowest BCUT2D eigenvalue weighted by Crippen LogP contribution is -2.44. The summed E-state index contributed by atoms with van der Waals surface area (Å²) in [5.74, 6) is 7.47. The van der Waals surface area contributed by atoms with Crippen molar-refractivity contribution in [1.29, 1.82) is 0 Å². The minimum absolute atomic E-state index is 0.167. The van der Waals surface area contributed by atoms with Crippen molar-refractivity contribution >= 4 is 28.4 Å². The van der Waals surface area contributed by atoms with E-state index in [1.165, 1.54) is 33.6 Å². The van der Waals surface area contributed by atoms with E-state index >= 15 is 0 Å². The van der Waals surface area contributed by atoms with Crippen molar-refractivity contribution < 1.29 is 4.79 Å². The van der Waals surface area contributed by atoms with Gasteiger partial charge in [0.25, 0.3) is 0 Å². The van der Waals surface area contributed by atoms with E-state index in [-0.39, 0.29) is 5.91 Å². The number of aromatic nitrogens is 3. The van der Waals surface area contributed by atoms with Crippen LogP contribution in [0.4, 0.5) is 0 Å². The van der Waals surface area contributed by atoms with Gasteiger partial charge in [-0.3, -0.25) is 4.79 Å². The molecule has 1 fully saturated rings. The molecule has 1 saturated heterocycles. The standard InChI is InChI=1S/C22H27N5OS/c1-2-18-11-5-6-13-26(18)21(28)15-29-22-25-24-20(27(22)23)14-17-10-7-9-16-8-3-4-12-19(16)17/h3-4,7-10,12,18H,2,5-6,11,13-15,23H2,1H3/t18-/m1/s1. The summed E-state index contributed by atoms with van der Waals surface area (Å²) in [4.78, 5) is 14.7. The van der Waals surface area contributed by atoms with Gasteiger partial charge in [-0.15, -0.1) is 10.2 Å². The van der Waals surface area contributed by atoms with Gasteiger partial charge < -0.3 is 10.7 Å². The molecule has 1 aliphatic heterocycles. The summed E-state index contributed by atoms with van der Waals surface area (Å²) in [5, 5.41) is 11.5. The Hall–Kier alpha value is -2.54. The van der Waals surface area contributed by atoms with Gasteiger partial charge in [0, 0.05) is 19.0 Å². The number of hydrogen-bond acceptors (Lipinski definition) is 5. The molecule has 0 aliphatic carbocycles. The number of nitrogens with two attached hydrogens (primary N) is 1. The van der Waals surface area contributed by atoms with Crippen molar-refractivity contribution in [3.8, 4) is 0 Å². The van der Waals surface area contributed by atoms with Gasteiger partial charge in [-0.1, -0.05) is 61.2 Å². The van der Waals surface area contributed by atoms with Gasteiger partial charge in [-0.05, 0) is 42.0 Å². The van der Waals surface area contributed by atoms with Gasteiger partial charge in [-0.2, -0.15) is 0 Å². The fourth-order valence-electron chi connectivity index (χ4n) is 4.11. The lowest BCUT2D eigenvalue weighted by Gasteiger charge is -2.35. The third-order valence-electron chi connectivity index (χ3n) is 5.71. The predicted molar refractivity (Wildman–Crippen MR) is 117 cm³/mol. The van der Waals surface area contributed by atoms with Crippen molar-refractivity contribution in [2.24, 2.45) is 0 Å². The highest BCUT2D eigenvalue weighted by molar-refractivity contribution is 7.99. The van der Waals surface area contributed by atoms with E-state index in [1.807, 2.05) is 23.1 Å². The molecule has 2 heterocycles. The summed E-state index contributed by atoms with van der Waals surface area (Å²) in [6, 6.07) is 14.9. The molecule has 1 atom stereocenters. The molecule has 0 bridgehead atoms. The maximum Gasteiger partial charge on any atom is 0.233 e. The quantitative estimate of drug-likeness (QED) is 0.497. The normalized spacial score (nSPS) is 17.0. The molecule has 4 rings (SSSR count). The maximum absolute atomic E-state index is 12.7. The molecule has 3 aromatic rings. The van der Waals surface area contributed by atoms with Crippen LogP contribution in [0.1, 0.15) is 44.0 Å². The number of benzene rings is 2. The zero-order chi connectivity index (χ0) is 20.2. The summed E-state index contributed by atoms with van der Waals surface area (Å²) in [7, 11) is 0. The number of carbonyl (C=O) groups is 1. The second kappa shape index (κ2) is 8.86. The molecular formula is C22H27N5OS. The van der Waals surface area contributed by atoms with Crippen LogP contribution in [0, 0.1) is 0 Å². The predicted octanol–water partition coefficient (Wildman–Crippen LogP) is 3.62. The first-order valence-corrected chi connectivity index (χ1v) is 11.2. The monoisotopic (exact) mass is 409 g/mol. The van der Waals surface area contributed by atoms with E-state index in [0.717, 1.165) is 31.4 Å². The molecule has 152 valence electrons. The van der Waals surface area contributed by atoms with Crippen molar-refractivity contribution in [2.75, 3.05) is 18.1 Å². The van der Waals surface area contributed by atoms with Gasteiger partial charge in [-0.25, -0.2) is 4.68 Å². The van der Waals surface area contributed by atoms with Crippen LogP contribution in [0.15, 0.2) is 47.6 Å². The molecule has 7 heteroatoms. The number of carbonyl (C=O) groups excluding carboxylic acids is 1. The molecule has 29 heavy (non-hydrogen) atoms. The number of piperidine rings is 1. The Balaban J connectivity index is 1.44. The van der Waals surface area contributed by atoms with Gasteiger partial charge >= 0.3 is 0 Å². The fourth-order valence-corrected chi connectivity index (χ4v) is 4.87. The molecule has 1 aliphatic rings. The third-order valence-corrected chi connectivity index (χ3v) is 6.63. The minimum Gasteiger partial charge on any atom is -0.339 e. The van der Waals surface area contributed by atoms with Gasteiger partial charge in [0.1, 0.15) is 0 Å². The topological polar surface area (TPSA) is 77.0 Å². The van der Waals surface area contributed by atoms with E-state index in [1.54, 1.807) is 0 Å². The van der Waals surface area contributed by atoms with E-state index in [0.29, 0.717) is 29.2 Å². The zero-order valence-electron chi connectivity index (χ0n) is 16.8. The van der Waals surface area contributed by atoms with Crippen LogP contribution in [-0.4, -0.2) is 44.0 Å². The molecule has 2 N–H and O–H groups in total. The van der Waals surface area contributed by atoms with Crippen LogP contribution in [0.25, 0.3) is 10.8 Å². The molecule has 0 radical (unpaired) electrons. The first-order valence-electron chi connectivity index (χ1n) is 10.3. The number of amides is 1. The Bertz CT molecular complexity index is 997. The Morgan fingerprint density at radius 2 is 2.00 bits per heavy atom. The van der Waals surface area contributed by atoms with Crippen molar-refractivity contribution in [1.82, 2.24) is 19.8 Å². The molecule has 0 saturated carbocycles. The SMILES string of the molecule is CC[C@@H]1CCCCN1C(=O)CSc1nnc(Cc2cccc3ccccc23)n1N. The van der Waals surface area contributed by atoms with Crippen LogP contribution >= 0.6 is 11.8 Å². The smallest absolute Gasteiger partial charge is 0.233 e. The van der Waals surface area contributed by atoms with E-state index in [2.05, 4.69) is 41.4 Å². The average Bonchev–Trinajstić information content (AvgIpc) is 3.11. The molecule has 0 unspecified atom stereocenters. The van der Waals surface area contributed by atoms with E-state index in [9.17, 15) is 4.79 Å². The van der Waals surface area contributed by atoms with E-state index < -0.39 is 0 Å². The number of fused-ring (bicyclic) bond motifs is 1. The second-order valence-corrected chi connectivity index (χ2v) is 8.46. The highest BCUT2D eigenvalue weighted by atomic mass is 32.2. The molecule has 2 aromatic carbocycles. The highest BCUT2D eigenvalue weighted by Crippen LogP contribution is 2.24. The van der Waals surface area contributed by atoms with Gasteiger partial charge in [0.2, 0.25) is 11.1 Å². The average molecular weight is 410 g/mol. The highest BCUT2D eigenvalue weighted by Gasteiger charge is 2.25. The zero-order valence-corrected chi connectivity index (χ0v) is 17.6. The first kappa shape index (κ1) is 19.8. The van der Waals surface area contributed by atoms with E-state index in [4.69, 9.17) is 5.84 Å². The summed E-state index contributed by atoms with van der Waals surface area (Å²) in [5.41, 5.74) is 1.16. The number of hydrogen-bond donors (Lipinski definition) is 1. The van der Waals surface area contributed by atoms with Gasteiger partial charge in [0.05, 0.1) is 5.75 Å². The lowest BCUT2D eigenvalue weighted by atomic mass is 10.0. The Labute approximate surface area is 175 Å². The molecule has 1 aromatic heterocycles. The fraction of sp³-hybridized carbons (Fsp3) is 0.409. The minimum atomic E-state index is 0.167. The van der Waals surface area contributed by atoms with Crippen LogP contribution in [0.3, 0.4) is 0 Å². The van der Waals surface area contributed by atoms with Crippen LogP contribution in [-0.2, 0) is 11.2 Å². The van der Waals surface area contributed by atoms with Crippen LogP contribution < -0.4 is 5.84 Å². The summed E-state index contributed by atoms with van der Waals surface area (Å²) in [6.07, 6.45) is 5.02. The van der Waals surface area contributed by atoms with Crippen LogP contribution in [0.2, 0.25) is 0 Å². The lowest BCUT2D eigenvalue weighted by molar-refractivity contribution is -0.132. The molecule has 1 amide bonds. The number of nitrogens with zero attached hydrogens (tertiary/aromatic N) is 4. The van der Waals surface area contributed by atoms with Crippen molar-refractivity contribution in [3.63, 3.8) is 0 Å². The number of rotatable bonds is 6. The van der Waals surface area contributed by atoms with Crippen molar-refractivity contribution in [3.05, 3.63) is 53.9 Å². The molecule has 0 spiro atoms. The van der Waals surface area contributed by atoms with Crippen LogP contribution in [0.5, 0.6) is 0 Å². The molecular weight excluding hydrogens is 382 g/mol. The Morgan fingerprint density at radius 1 is 1.17 bits per heavy atom. The number of likely N-dealkylation sites (tertiary alicyclic amines) is 1. The third kappa shape index (κ3) is 4.24. The second-order valence-electron chi connectivity index (χ2n) is 7.52. The number of thioether (sulfide) groups is 1. The Morgan fingerprint density at radius 3 is 2.86 bits per heavy atom.